The van der Waals surface area contributed by atoms with Crippen molar-refractivity contribution in [3.8, 4) is 0 Å². The molecule has 0 atom stereocenters. The molecule has 19 heavy (non-hydrogen) atoms. The molecule has 0 aliphatic rings. The standard InChI is InChI=1S/C13H12BrNO4/c1-7(2)19-13(18)15-10-6-9(14)4-3-8(10)5-11(15)12(16)17/h3-7H,1-2H3,(H,16,17). The first kappa shape index (κ1) is 13.6. The summed E-state index contributed by atoms with van der Waals surface area (Å²) in [5.41, 5.74) is 0.385. The van der Waals surface area contributed by atoms with Gasteiger partial charge in [0.05, 0.1) is 11.6 Å². The fourth-order valence-electron chi connectivity index (χ4n) is 1.78. The van der Waals surface area contributed by atoms with E-state index < -0.39 is 12.1 Å². The lowest BCUT2D eigenvalue weighted by Gasteiger charge is -2.10. The number of hydrogen-bond acceptors (Lipinski definition) is 3. The fraction of sp³-hybridized carbons (Fsp3) is 0.231. The second-order valence-electron chi connectivity index (χ2n) is 4.31. The second-order valence-corrected chi connectivity index (χ2v) is 5.22. The third-order valence-electron chi connectivity index (χ3n) is 2.50. The highest BCUT2D eigenvalue weighted by molar-refractivity contribution is 9.10. The average molecular weight is 326 g/mol. The summed E-state index contributed by atoms with van der Waals surface area (Å²) in [6.07, 6.45) is -1.01. The molecule has 6 heteroatoms. The van der Waals surface area contributed by atoms with E-state index in [1.54, 1.807) is 32.0 Å². The van der Waals surface area contributed by atoms with E-state index in [1.807, 2.05) is 0 Å². The third-order valence-corrected chi connectivity index (χ3v) is 3.00. The van der Waals surface area contributed by atoms with Crippen LogP contribution in [0, 0.1) is 0 Å². The van der Waals surface area contributed by atoms with Crippen LogP contribution in [0.2, 0.25) is 0 Å². The van der Waals surface area contributed by atoms with E-state index in [4.69, 9.17) is 4.74 Å². The molecule has 100 valence electrons. The number of benzene rings is 1. The van der Waals surface area contributed by atoms with Crippen molar-refractivity contribution in [1.82, 2.24) is 4.57 Å². The molecule has 1 N–H and O–H groups in total. The van der Waals surface area contributed by atoms with Gasteiger partial charge >= 0.3 is 12.1 Å². The number of carboxylic acid groups (broad SMARTS) is 1. The SMILES string of the molecule is CC(C)OC(=O)n1c(C(=O)O)cc2ccc(Br)cc21. The maximum atomic E-state index is 12.0. The lowest BCUT2D eigenvalue weighted by atomic mass is 10.2. The Morgan fingerprint density at radius 1 is 1.32 bits per heavy atom. The van der Waals surface area contributed by atoms with E-state index in [0.29, 0.717) is 10.9 Å². The first-order chi connectivity index (χ1) is 8.90. The summed E-state index contributed by atoms with van der Waals surface area (Å²) in [5, 5.41) is 9.85. The Morgan fingerprint density at radius 2 is 2.00 bits per heavy atom. The maximum Gasteiger partial charge on any atom is 0.419 e. The van der Waals surface area contributed by atoms with E-state index in [9.17, 15) is 14.7 Å². The van der Waals surface area contributed by atoms with Crippen LogP contribution in [0.4, 0.5) is 4.79 Å². The van der Waals surface area contributed by atoms with Crippen molar-refractivity contribution in [1.29, 1.82) is 0 Å². The Hall–Kier alpha value is -1.82. The van der Waals surface area contributed by atoms with E-state index >= 15 is 0 Å². The Labute approximate surface area is 117 Å². The Morgan fingerprint density at radius 3 is 2.58 bits per heavy atom. The number of halogens is 1. The van der Waals surface area contributed by atoms with Gasteiger partial charge in [0.2, 0.25) is 0 Å². The van der Waals surface area contributed by atoms with Crippen LogP contribution >= 0.6 is 15.9 Å². The Kier molecular flexibility index (Phi) is 3.61. The van der Waals surface area contributed by atoms with Crippen molar-refractivity contribution in [3.05, 3.63) is 34.4 Å². The van der Waals surface area contributed by atoms with Crippen molar-refractivity contribution in [2.75, 3.05) is 0 Å². The number of ether oxygens (including phenoxy) is 1. The molecule has 0 spiro atoms. The highest BCUT2D eigenvalue weighted by atomic mass is 79.9. The zero-order valence-electron chi connectivity index (χ0n) is 10.4. The molecule has 1 aromatic heterocycles. The van der Waals surface area contributed by atoms with Crippen LogP contribution in [0.5, 0.6) is 0 Å². The zero-order chi connectivity index (χ0) is 14.2. The van der Waals surface area contributed by atoms with Gasteiger partial charge in [0, 0.05) is 9.86 Å². The van der Waals surface area contributed by atoms with Crippen molar-refractivity contribution in [3.63, 3.8) is 0 Å². The minimum Gasteiger partial charge on any atom is -0.477 e. The molecule has 0 bridgehead atoms. The first-order valence-electron chi connectivity index (χ1n) is 5.65. The summed E-state index contributed by atoms with van der Waals surface area (Å²) in [7, 11) is 0. The summed E-state index contributed by atoms with van der Waals surface area (Å²) in [6, 6.07) is 6.66. The number of fused-ring (bicyclic) bond motifs is 1. The van der Waals surface area contributed by atoms with Crippen molar-refractivity contribution < 1.29 is 19.4 Å². The quantitative estimate of drug-likeness (QED) is 0.917. The molecule has 1 aromatic carbocycles. The number of carboxylic acids is 1. The smallest absolute Gasteiger partial charge is 0.419 e. The van der Waals surface area contributed by atoms with Gasteiger partial charge < -0.3 is 9.84 Å². The minimum absolute atomic E-state index is 0.112. The fourth-order valence-corrected chi connectivity index (χ4v) is 2.13. The Bertz CT molecular complexity index is 660. The van der Waals surface area contributed by atoms with Crippen LogP contribution in [0.1, 0.15) is 24.3 Å². The highest BCUT2D eigenvalue weighted by Gasteiger charge is 2.21. The second kappa shape index (κ2) is 5.05. The number of nitrogens with zero attached hydrogens (tertiary/aromatic N) is 1. The topological polar surface area (TPSA) is 68.5 Å². The molecule has 0 radical (unpaired) electrons. The summed E-state index contributed by atoms with van der Waals surface area (Å²) >= 11 is 3.30. The van der Waals surface area contributed by atoms with Crippen LogP contribution in [0.3, 0.4) is 0 Å². The zero-order valence-corrected chi connectivity index (χ0v) is 12.0. The molecule has 1 heterocycles. The normalized spacial score (nSPS) is 10.9. The van der Waals surface area contributed by atoms with Gasteiger partial charge in [0.1, 0.15) is 5.69 Å². The van der Waals surface area contributed by atoms with Crippen molar-refractivity contribution in [2.45, 2.75) is 20.0 Å². The lowest BCUT2D eigenvalue weighted by molar-refractivity contribution is 0.0677. The van der Waals surface area contributed by atoms with E-state index in [0.717, 1.165) is 9.04 Å². The van der Waals surface area contributed by atoms with Gasteiger partial charge in [0.25, 0.3) is 0 Å². The number of aromatic carboxylic acids is 1. The first-order valence-corrected chi connectivity index (χ1v) is 6.44. The van der Waals surface area contributed by atoms with Crippen molar-refractivity contribution in [2.24, 2.45) is 0 Å². The molecule has 0 aliphatic carbocycles. The summed E-state index contributed by atoms with van der Waals surface area (Å²) in [4.78, 5) is 23.3. The van der Waals surface area contributed by atoms with E-state index in [-0.39, 0.29) is 11.8 Å². The predicted octanol–water partition coefficient (Wildman–Crippen LogP) is 3.50. The van der Waals surface area contributed by atoms with Crippen molar-refractivity contribution >= 4 is 38.9 Å². The maximum absolute atomic E-state index is 12.0. The largest absolute Gasteiger partial charge is 0.477 e. The lowest BCUT2D eigenvalue weighted by Crippen LogP contribution is -2.21. The van der Waals surface area contributed by atoms with E-state index in [2.05, 4.69) is 15.9 Å². The van der Waals surface area contributed by atoms with Gasteiger partial charge in [0.15, 0.2) is 0 Å². The minimum atomic E-state index is -1.17. The summed E-state index contributed by atoms with van der Waals surface area (Å²) < 4.78 is 6.91. The molecule has 0 unspecified atom stereocenters. The van der Waals surface area contributed by atoms with E-state index in [1.165, 1.54) is 6.07 Å². The highest BCUT2D eigenvalue weighted by Crippen LogP contribution is 2.24. The summed E-state index contributed by atoms with van der Waals surface area (Å²) in [5.74, 6) is -1.17. The molecular weight excluding hydrogens is 314 g/mol. The molecular formula is C13H12BrNO4. The monoisotopic (exact) mass is 325 g/mol. The number of rotatable bonds is 2. The molecule has 0 saturated carbocycles. The van der Waals surface area contributed by atoms with Gasteiger partial charge in [-0.3, -0.25) is 0 Å². The molecule has 0 fully saturated rings. The van der Waals surface area contributed by atoms with Crippen LogP contribution in [0.25, 0.3) is 10.9 Å². The van der Waals surface area contributed by atoms with Crippen LogP contribution in [-0.4, -0.2) is 27.8 Å². The molecule has 0 amide bonds. The average Bonchev–Trinajstić information content (AvgIpc) is 2.66. The number of hydrogen-bond donors (Lipinski definition) is 1. The molecule has 0 aliphatic heterocycles. The van der Waals surface area contributed by atoms with Gasteiger partial charge in [-0.1, -0.05) is 22.0 Å². The van der Waals surface area contributed by atoms with Gasteiger partial charge in [-0.2, -0.15) is 0 Å². The van der Waals surface area contributed by atoms with Crippen LogP contribution in [0.15, 0.2) is 28.7 Å². The van der Waals surface area contributed by atoms with Crippen LogP contribution < -0.4 is 0 Å². The molecule has 5 nitrogen and oxygen atoms in total. The van der Waals surface area contributed by atoms with Crippen LogP contribution in [-0.2, 0) is 4.74 Å². The molecule has 2 rings (SSSR count). The van der Waals surface area contributed by atoms with Gasteiger partial charge in [-0.05, 0) is 32.0 Å². The number of aromatic nitrogens is 1. The predicted molar refractivity (Wildman–Crippen MR) is 73.6 cm³/mol. The summed E-state index contributed by atoms with van der Waals surface area (Å²) in [6.45, 7) is 3.42. The van der Waals surface area contributed by atoms with Gasteiger partial charge in [-0.25, -0.2) is 14.2 Å². The number of carbonyl (C=O) groups is 2. The third kappa shape index (κ3) is 2.63. The molecule has 2 aromatic rings. The van der Waals surface area contributed by atoms with Gasteiger partial charge in [-0.15, -0.1) is 0 Å². The number of carbonyl (C=O) groups excluding carboxylic acids is 1. The molecule has 0 saturated heterocycles. The Balaban J connectivity index is 2.67.